The summed E-state index contributed by atoms with van der Waals surface area (Å²) in [6.45, 7) is 1.83. The molecule has 0 aliphatic heterocycles. The molecule has 5 heteroatoms. The lowest BCUT2D eigenvalue weighted by Crippen LogP contribution is -2.29. The Bertz CT molecular complexity index is 1140. The molecule has 0 unspecified atom stereocenters. The van der Waals surface area contributed by atoms with Crippen LogP contribution in [0.25, 0.3) is 11.0 Å². The van der Waals surface area contributed by atoms with Crippen LogP contribution in [0.2, 0.25) is 0 Å². The maximum Gasteiger partial charge on any atom is 0.424 e. The normalized spacial score (nSPS) is 10.6. The number of carbonyl (C=O) groups is 1. The molecule has 0 bridgehead atoms. The highest BCUT2D eigenvalue weighted by atomic mass is 16.6. The van der Waals surface area contributed by atoms with Gasteiger partial charge >= 0.3 is 11.7 Å². The van der Waals surface area contributed by atoms with Gasteiger partial charge in [-0.3, -0.25) is 0 Å². The molecule has 0 radical (unpaired) electrons. The Hall–Kier alpha value is -3.86. The van der Waals surface area contributed by atoms with Gasteiger partial charge in [0.25, 0.3) is 0 Å². The van der Waals surface area contributed by atoms with Crippen LogP contribution < -0.4 is 15.3 Å². The minimum atomic E-state index is -0.563. The van der Waals surface area contributed by atoms with E-state index in [-0.39, 0.29) is 0 Å². The van der Waals surface area contributed by atoms with Gasteiger partial charge in [0.15, 0.2) is 0 Å². The van der Waals surface area contributed by atoms with E-state index in [1.54, 1.807) is 18.2 Å². The van der Waals surface area contributed by atoms with Crippen molar-refractivity contribution in [2.45, 2.75) is 6.92 Å². The Kier molecular flexibility index (Phi) is 4.64. The zero-order chi connectivity index (χ0) is 19.5. The lowest BCUT2D eigenvalue weighted by Gasteiger charge is -2.22. The summed E-state index contributed by atoms with van der Waals surface area (Å²) in [4.78, 5) is 26.1. The molecule has 0 aliphatic rings. The lowest BCUT2D eigenvalue weighted by molar-refractivity contribution is 0.210. The standard InChI is InChI=1S/C23H17NO4/c1-16-14-22(25)28-21-15-19(12-13-20(16)21)27-23(26)24(17-8-4-2-5-9-17)18-10-6-3-7-11-18/h2-15H,1H3. The van der Waals surface area contributed by atoms with Gasteiger partial charge in [0.05, 0.1) is 11.4 Å². The third-order valence-electron chi connectivity index (χ3n) is 4.34. The molecule has 1 heterocycles. The number of nitrogens with zero attached hydrogens (tertiary/aromatic N) is 1. The predicted molar refractivity (Wildman–Crippen MR) is 108 cm³/mol. The molecule has 28 heavy (non-hydrogen) atoms. The van der Waals surface area contributed by atoms with Crippen molar-refractivity contribution in [2.24, 2.45) is 0 Å². The van der Waals surface area contributed by atoms with Gasteiger partial charge in [0.1, 0.15) is 11.3 Å². The number of para-hydroxylation sites is 2. The second kappa shape index (κ2) is 7.40. The van der Waals surface area contributed by atoms with E-state index in [2.05, 4.69) is 0 Å². The summed E-state index contributed by atoms with van der Waals surface area (Å²) in [5.74, 6) is 0.295. The van der Waals surface area contributed by atoms with Crippen LogP contribution in [0.5, 0.6) is 5.75 Å². The molecular formula is C23H17NO4. The largest absolute Gasteiger partial charge is 0.424 e. The number of rotatable bonds is 3. The molecule has 4 aromatic rings. The predicted octanol–water partition coefficient (Wildman–Crippen LogP) is 5.44. The van der Waals surface area contributed by atoms with Crippen molar-refractivity contribution in [3.8, 4) is 5.75 Å². The van der Waals surface area contributed by atoms with Crippen molar-refractivity contribution < 1.29 is 13.9 Å². The fourth-order valence-electron chi connectivity index (χ4n) is 3.03. The van der Waals surface area contributed by atoms with Crippen molar-refractivity contribution in [2.75, 3.05) is 4.90 Å². The van der Waals surface area contributed by atoms with E-state index in [1.807, 2.05) is 67.6 Å². The van der Waals surface area contributed by atoms with Gasteiger partial charge in [-0.1, -0.05) is 36.4 Å². The molecule has 0 N–H and O–H groups in total. The second-order valence-electron chi connectivity index (χ2n) is 6.28. The van der Waals surface area contributed by atoms with Crippen molar-refractivity contribution >= 4 is 28.4 Å². The Morgan fingerprint density at radius 1 is 0.857 bits per heavy atom. The Labute approximate surface area is 161 Å². The molecule has 0 spiro atoms. The number of benzene rings is 3. The molecule has 1 amide bonds. The fourth-order valence-corrected chi connectivity index (χ4v) is 3.03. The van der Waals surface area contributed by atoms with Gasteiger partial charge in [0, 0.05) is 17.5 Å². The van der Waals surface area contributed by atoms with Crippen LogP contribution >= 0.6 is 0 Å². The summed E-state index contributed by atoms with van der Waals surface area (Å²) in [7, 11) is 0. The molecule has 3 aromatic carbocycles. The van der Waals surface area contributed by atoms with Gasteiger partial charge in [0.2, 0.25) is 0 Å². The first-order valence-corrected chi connectivity index (χ1v) is 8.78. The van der Waals surface area contributed by atoms with Gasteiger partial charge < -0.3 is 9.15 Å². The molecular weight excluding hydrogens is 354 g/mol. The number of aryl methyl sites for hydroxylation is 1. The van der Waals surface area contributed by atoms with E-state index in [9.17, 15) is 9.59 Å². The van der Waals surface area contributed by atoms with E-state index in [4.69, 9.17) is 9.15 Å². The number of hydrogen-bond donors (Lipinski definition) is 0. The van der Waals surface area contributed by atoms with E-state index in [1.165, 1.54) is 11.0 Å². The van der Waals surface area contributed by atoms with E-state index < -0.39 is 11.7 Å². The zero-order valence-corrected chi connectivity index (χ0v) is 15.2. The summed E-state index contributed by atoms with van der Waals surface area (Å²) in [6, 6.07) is 24.9. The van der Waals surface area contributed by atoms with Gasteiger partial charge in [-0.25, -0.2) is 14.5 Å². The average molecular weight is 371 g/mol. The minimum absolute atomic E-state index is 0.295. The van der Waals surface area contributed by atoms with E-state index in [0.717, 1.165) is 10.9 Å². The number of anilines is 2. The first kappa shape index (κ1) is 17.5. The number of ether oxygens (including phenoxy) is 1. The van der Waals surface area contributed by atoms with Gasteiger partial charge in [-0.05, 0) is 48.9 Å². The Balaban J connectivity index is 1.70. The number of carbonyl (C=O) groups excluding carboxylic acids is 1. The highest BCUT2D eigenvalue weighted by Crippen LogP contribution is 2.28. The first-order valence-electron chi connectivity index (χ1n) is 8.78. The minimum Gasteiger partial charge on any atom is -0.423 e. The van der Waals surface area contributed by atoms with Crippen LogP contribution in [0.15, 0.2) is 94.1 Å². The van der Waals surface area contributed by atoms with E-state index in [0.29, 0.717) is 22.7 Å². The highest BCUT2D eigenvalue weighted by Gasteiger charge is 2.20. The maximum absolute atomic E-state index is 13.0. The molecule has 1 aromatic heterocycles. The van der Waals surface area contributed by atoms with Crippen molar-refractivity contribution in [1.82, 2.24) is 0 Å². The van der Waals surface area contributed by atoms with Crippen molar-refractivity contribution in [3.05, 3.63) is 101 Å². The first-order chi connectivity index (χ1) is 13.6. The molecule has 4 rings (SSSR count). The summed E-state index contributed by atoms with van der Waals surface area (Å²) >= 11 is 0. The van der Waals surface area contributed by atoms with Gasteiger partial charge in [-0.15, -0.1) is 0 Å². The van der Waals surface area contributed by atoms with Crippen molar-refractivity contribution in [3.63, 3.8) is 0 Å². The maximum atomic E-state index is 13.0. The molecule has 5 nitrogen and oxygen atoms in total. The van der Waals surface area contributed by atoms with E-state index >= 15 is 0 Å². The Morgan fingerprint density at radius 3 is 2.07 bits per heavy atom. The molecule has 138 valence electrons. The summed E-state index contributed by atoms with van der Waals surface area (Å²) in [5, 5.41) is 0.794. The Morgan fingerprint density at radius 2 is 1.46 bits per heavy atom. The third kappa shape index (κ3) is 3.50. The number of amides is 1. The zero-order valence-electron chi connectivity index (χ0n) is 15.2. The molecule has 0 saturated carbocycles. The number of hydrogen-bond acceptors (Lipinski definition) is 4. The SMILES string of the molecule is Cc1cc(=O)oc2cc(OC(=O)N(c3ccccc3)c3ccccc3)ccc12. The quantitative estimate of drug-likeness (QED) is 0.450. The highest BCUT2D eigenvalue weighted by molar-refractivity contribution is 5.97. The molecule has 0 fully saturated rings. The number of fused-ring (bicyclic) bond motifs is 1. The lowest BCUT2D eigenvalue weighted by atomic mass is 10.1. The second-order valence-corrected chi connectivity index (χ2v) is 6.28. The third-order valence-corrected chi connectivity index (χ3v) is 4.34. The fraction of sp³-hybridized carbons (Fsp3) is 0.0435. The average Bonchev–Trinajstić information content (AvgIpc) is 2.69. The van der Waals surface area contributed by atoms with Gasteiger partial charge in [-0.2, -0.15) is 0 Å². The summed E-state index contributed by atoms with van der Waals surface area (Å²) in [5.41, 5.74) is 2.10. The topological polar surface area (TPSA) is 59.8 Å². The van der Waals surface area contributed by atoms with Crippen LogP contribution in [0.3, 0.4) is 0 Å². The van der Waals surface area contributed by atoms with Crippen molar-refractivity contribution in [1.29, 1.82) is 0 Å². The summed E-state index contributed by atoms with van der Waals surface area (Å²) < 4.78 is 10.8. The molecule has 0 saturated heterocycles. The monoisotopic (exact) mass is 371 g/mol. The van der Waals surface area contributed by atoms with Crippen LogP contribution in [-0.2, 0) is 0 Å². The van der Waals surface area contributed by atoms with Crippen LogP contribution in [0.4, 0.5) is 16.2 Å². The van der Waals surface area contributed by atoms with Crippen LogP contribution in [0.1, 0.15) is 5.56 Å². The molecule has 0 atom stereocenters. The summed E-state index contributed by atoms with van der Waals surface area (Å²) in [6.07, 6.45) is -0.563. The molecule has 0 aliphatic carbocycles. The smallest absolute Gasteiger partial charge is 0.423 e. The van der Waals surface area contributed by atoms with Crippen LogP contribution in [0, 0.1) is 6.92 Å². The van der Waals surface area contributed by atoms with Crippen LogP contribution in [-0.4, -0.2) is 6.09 Å².